The minimum Gasteiger partial charge on any atom is -0.387 e. The van der Waals surface area contributed by atoms with E-state index in [0.717, 1.165) is 21.5 Å². The summed E-state index contributed by atoms with van der Waals surface area (Å²) in [5.41, 5.74) is 2.90. The van der Waals surface area contributed by atoms with Crippen molar-refractivity contribution in [3.05, 3.63) is 90.8 Å². The highest BCUT2D eigenvalue weighted by Crippen LogP contribution is 2.28. The van der Waals surface area contributed by atoms with Gasteiger partial charge < -0.3 is 9.67 Å². The number of para-hydroxylation sites is 2. The van der Waals surface area contributed by atoms with Crippen molar-refractivity contribution in [1.82, 2.24) is 9.55 Å². The van der Waals surface area contributed by atoms with Crippen LogP contribution in [0.5, 0.6) is 0 Å². The molecule has 1 aromatic heterocycles. The fourth-order valence-electron chi connectivity index (χ4n) is 2.83. The standard InChI is InChI=1S/C21H18N2OS/c24-21(14-23-15-22-19-8-4-5-9-20(19)23)16-10-12-18(13-11-16)25-17-6-2-1-3-7-17/h1-13,15,21,24H,14H2. The Balaban J connectivity index is 1.48. The Labute approximate surface area is 151 Å². The second-order valence-corrected chi connectivity index (χ2v) is 7.03. The Morgan fingerprint density at radius 2 is 1.52 bits per heavy atom. The van der Waals surface area contributed by atoms with Crippen LogP contribution in [0.1, 0.15) is 11.7 Å². The molecule has 124 valence electrons. The lowest BCUT2D eigenvalue weighted by atomic mass is 10.1. The zero-order valence-corrected chi connectivity index (χ0v) is 14.4. The lowest BCUT2D eigenvalue weighted by molar-refractivity contribution is 0.158. The summed E-state index contributed by atoms with van der Waals surface area (Å²) in [6.45, 7) is 0.492. The van der Waals surface area contributed by atoms with Crippen LogP contribution in [0, 0.1) is 0 Å². The molecule has 0 aliphatic rings. The van der Waals surface area contributed by atoms with Gasteiger partial charge in [-0.25, -0.2) is 4.98 Å². The Morgan fingerprint density at radius 1 is 0.840 bits per heavy atom. The Bertz CT molecular complexity index is 964. The molecule has 0 aliphatic carbocycles. The number of nitrogens with zero attached hydrogens (tertiary/aromatic N) is 2. The Kier molecular flexibility index (Phi) is 4.55. The van der Waals surface area contributed by atoms with Gasteiger partial charge in [0.05, 0.1) is 30.0 Å². The minimum absolute atomic E-state index is 0.492. The van der Waals surface area contributed by atoms with Gasteiger partial charge in [-0.05, 0) is 42.0 Å². The minimum atomic E-state index is -0.562. The molecule has 3 nitrogen and oxygen atoms in total. The van der Waals surface area contributed by atoms with Gasteiger partial charge in [-0.15, -0.1) is 0 Å². The topological polar surface area (TPSA) is 38.0 Å². The summed E-state index contributed by atoms with van der Waals surface area (Å²) >= 11 is 1.72. The molecule has 1 atom stereocenters. The first-order valence-corrected chi connectivity index (χ1v) is 9.02. The average molecular weight is 346 g/mol. The molecule has 25 heavy (non-hydrogen) atoms. The normalized spacial score (nSPS) is 12.4. The van der Waals surface area contributed by atoms with Gasteiger partial charge in [-0.3, -0.25) is 0 Å². The first-order valence-electron chi connectivity index (χ1n) is 8.20. The summed E-state index contributed by atoms with van der Waals surface area (Å²) in [7, 11) is 0. The lowest BCUT2D eigenvalue weighted by Gasteiger charge is -2.13. The number of fused-ring (bicyclic) bond motifs is 1. The summed E-state index contributed by atoms with van der Waals surface area (Å²) in [5, 5.41) is 10.6. The van der Waals surface area contributed by atoms with Crippen LogP contribution in [-0.4, -0.2) is 14.7 Å². The molecule has 0 amide bonds. The van der Waals surface area contributed by atoms with E-state index in [1.165, 1.54) is 4.90 Å². The van der Waals surface area contributed by atoms with Crippen molar-refractivity contribution in [2.45, 2.75) is 22.4 Å². The second-order valence-electron chi connectivity index (χ2n) is 5.89. The quantitative estimate of drug-likeness (QED) is 0.557. The Hall–Kier alpha value is -2.56. The van der Waals surface area contributed by atoms with Gasteiger partial charge in [0.15, 0.2) is 0 Å². The summed E-state index contributed by atoms with van der Waals surface area (Å²) < 4.78 is 1.99. The Morgan fingerprint density at radius 3 is 2.32 bits per heavy atom. The number of aromatic nitrogens is 2. The molecule has 0 fully saturated rings. The van der Waals surface area contributed by atoms with Crippen LogP contribution in [0.25, 0.3) is 11.0 Å². The number of rotatable bonds is 5. The van der Waals surface area contributed by atoms with Gasteiger partial charge in [0.25, 0.3) is 0 Å². The predicted octanol–water partition coefficient (Wildman–Crippen LogP) is 4.92. The molecule has 0 saturated heterocycles. The smallest absolute Gasteiger partial charge is 0.0969 e. The van der Waals surface area contributed by atoms with Crippen molar-refractivity contribution in [2.75, 3.05) is 0 Å². The van der Waals surface area contributed by atoms with E-state index in [0.29, 0.717) is 6.54 Å². The average Bonchev–Trinajstić information content (AvgIpc) is 3.06. The van der Waals surface area contributed by atoms with Gasteiger partial charge >= 0.3 is 0 Å². The van der Waals surface area contributed by atoms with Gasteiger partial charge in [-0.1, -0.05) is 54.2 Å². The monoisotopic (exact) mass is 346 g/mol. The van der Waals surface area contributed by atoms with Crippen molar-refractivity contribution in [1.29, 1.82) is 0 Å². The molecule has 0 radical (unpaired) electrons. The zero-order valence-electron chi connectivity index (χ0n) is 13.6. The molecule has 4 aromatic rings. The zero-order chi connectivity index (χ0) is 17.1. The van der Waals surface area contributed by atoms with E-state index < -0.39 is 6.10 Å². The van der Waals surface area contributed by atoms with E-state index in [9.17, 15) is 5.11 Å². The maximum atomic E-state index is 10.6. The third-order valence-electron chi connectivity index (χ3n) is 4.14. The first kappa shape index (κ1) is 15.9. The van der Waals surface area contributed by atoms with E-state index in [4.69, 9.17) is 0 Å². The molecule has 1 N–H and O–H groups in total. The number of aliphatic hydroxyl groups is 1. The van der Waals surface area contributed by atoms with E-state index in [-0.39, 0.29) is 0 Å². The molecular formula is C21H18N2OS. The third kappa shape index (κ3) is 3.60. The molecule has 0 spiro atoms. The van der Waals surface area contributed by atoms with Crippen LogP contribution >= 0.6 is 11.8 Å². The van der Waals surface area contributed by atoms with Crippen LogP contribution in [0.15, 0.2) is 95.0 Å². The van der Waals surface area contributed by atoms with Gasteiger partial charge in [0.2, 0.25) is 0 Å². The molecule has 1 unspecified atom stereocenters. The van der Waals surface area contributed by atoms with Gasteiger partial charge in [0, 0.05) is 9.79 Å². The largest absolute Gasteiger partial charge is 0.387 e. The maximum absolute atomic E-state index is 10.6. The van der Waals surface area contributed by atoms with Gasteiger partial charge in [-0.2, -0.15) is 0 Å². The second kappa shape index (κ2) is 7.13. The number of aliphatic hydroxyl groups excluding tert-OH is 1. The van der Waals surface area contributed by atoms with Crippen molar-refractivity contribution >= 4 is 22.8 Å². The molecule has 4 rings (SSSR count). The van der Waals surface area contributed by atoms with Crippen molar-refractivity contribution < 1.29 is 5.11 Å². The van der Waals surface area contributed by atoms with Crippen molar-refractivity contribution in [3.63, 3.8) is 0 Å². The van der Waals surface area contributed by atoms with Crippen LogP contribution in [0.4, 0.5) is 0 Å². The molecular weight excluding hydrogens is 328 g/mol. The highest BCUT2D eigenvalue weighted by molar-refractivity contribution is 7.99. The van der Waals surface area contributed by atoms with E-state index >= 15 is 0 Å². The van der Waals surface area contributed by atoms with E-state index in [1.54, 1.807) is 18.1 Å². The molecule has 0 bridgehead atoms. The van der Waals surface area contributed by atoms with Crippen LogP contribution < -0.4 is 0 Å². The number of hydrogen-bond donors (Lipinski definition) is 1. The molecule has 0 saturated carbocycles. The van der Waals surface area contributed by atoms with Crippen LogP contribution in [-0.2, 0) is 6.54 Å². The van der Waals surface area contributed by atoms with Gasteiger partial charge in [0.1, 0.15) is 0 Å². The van der Waals surface area contributed by atoms with Crippen LogP contribution in [0.2, 0.25) is 0 Å². The fraction of sp³-hybridized carbons (Fsp3) is 0.0952. The fourth-order valence-corrected chi connectivity index (χ4v) is 3.67. The predicted molar refractivity (Wildman–Crippen MR) is 102 cm³/mol. The summed E-state index contributed by atoms with van der Waals surface area (Å²) in [5.74, 6) is 0. The molecule has 1 heterocycles. The highest BCUT2D eigenvalue weighted by Gasteiger charge is 2.11. The highest BCUT2D eigenvalue weighted by atomic mass is 32.2. The molecule has 4 heteroatoms. The third-order valence-corrected chi connectivity index (χ3v) is 5.16. The van der Waals surface area contributed by atoms with Crippen molar-refractivity contribution in [2.24, 2.45) is 0 Å². The van der Waals surface area contributed by atoms with E-state index in [1.807, 2.05) is 59.2 Å². The maximum Gasteiger partial charge on any atom is 0.0969 e. The molecule has 3 aromatic carbocycles. The summed E-state index contributed by atoms with van der Waals surface area (Å²) in [6.07, 6.45) is 1.22. The summed E-state index contributed by atoms with van der Waals surface area (Å²) in [4.78, 5) is 6.75. The van der Waals surface area contributed by atoms with E-state index in [2.05, 4.69) is 29.2 Å². The molecule has 0 aliphatic heterocycles. The first-order chi connectivity index (χ1) is 12.3. The lowest BCUT2D eigenvalue weighted by Crippen LogP contribution is -2.07. The number of imidazole rings is 1. The SMILES string of the molecule is OC(Cn1cnc2ccccc21)c1ccc(Sc2ccccc2)cc1. The van der Waals surface area contributed by atoms with Crippen LogP contribution in [0.3, 0.4) is 0 Å². The number of hydrogen-bond acceptors (Lipinski definition) is 3. The van der Waals surface area contributed by atoms with Crippen molar-refractivity contribution in [3.8, 4) is 0 Å². The summed E-state index contributed by atoms with van der Waals surface area (Å²) in [6, 6.07) is 26.4. The number of benzene rings is 3.